The van der Waals surface area contributed by atoms with E-state index in [0.717, 1.165) is 25.7 Å². The maximum atomic E-state index is 11.2. The van der Waals surface area contributed by atoms with Gasteiger partial charge in [-0.2, -0.15) is 5.06 Å². The zero-order valence-corrected chi connectivity index (χ0v) is 8.11. The summed E-state index contributed by atoms with van der Waals surface area (Å²) >= 11 is 0. The van der Waals surface area contributed by atoms with Crippen LogP contribution in [0.15, 0.2) is 0 Å². The van der Waals surface area contributed by atoms with E-state index in [2.05, 4.69) is 0 Å². The van der Waals surface area contributed by atoms with E-state index in [-0.39, 0.29) is 6.29 Å². The van der Waals surface area contributed by atoms with Crippen molar-refractivity contribution >= 4 is 6.09 Å². The molecule has 2 fully saturated rings. The van der Waals surface area contributed by atoms with Crippen LogP contribution in [0, 0.1) is 0 Å². The number of carbonyl (C=O) groups excluding carboxylic acids is 1. The molecular formula is C9H15NO4. The Hall–Kier alpha value is -0.810. The molecule has 0 bridgehead atoms. The molecule has 0 spiro atoms. The monoisotopic (exact) mass is 201 g/mol. The zero-order valence-electron chi connectivity index (χ0n) is 8.11. The summed E-state index contributed by atoms with van der Waals surface area (Å²) in [5.74, 6) is 0. The van der Waals surface area contributed by atoms with E-state index in [1.54, 1.807) is 0 Å². The molecule has 1 atom stereocenters. The van der Waals surface area contributed by atoms with Gasteiger partial charge in [0.15, 0.2) is 6.29 Å². The normalized spacial score (nSPS) is 28.7. The fourth-order valence-corrected chi connectivity index (χ4v) is 1.56. The van der Waals surface area contributed by atoms with Crippen molar-refractivity contribution in [2.24, 2.45) is 0 Å². The zero-order chi connectivity index (χ0) is 9.80. The van der Waals surface area contributed by atoms with Crippen LogP contribution < -0.4 is 0 Å². The van der Waals surface area contributed by atoms with Crippen LogP contribution in [0.2, 0.25) is 0 Å². The van der Waals surface area contributed by atoms with Crippen molar-refractivity contribution in [3.05, 3.63) is 0 Å². The number of rotatable bonds is 2. The largest absolute Gasteiger partial charge is 0.448 e. The van der Waals surface area contributed by atoms with Crippen LogP contribution in [0.3, 0.4) is 0 Å². The summed E-state index contributed by atoms with van der Waals surface area (Å²) in [6, 6.07) is 0. The Balaban J connectivity index is 1.79. The van der Waals surface area contributed by atoms with E-state index < -0.39 is 6.09 Å². The summed E-state index contributed by atoms with van der Waals surface area (Å²) in [7, 11) is 0. The molecular weight excluding hydrogens is 186 g/mol. The minimum Gasteiger partial charge on any atom is -0.448 e. The molecule has 0 aromatic rings. The van der Waals surface area contributed by atoms with Crippen LogP contribution in [0.5, 0.6) is 0 Å². The molecule has 0 aliphatic carbocycles. The van der Waals surface area contributed by atoms with Crippen LogP contribution in [0.1, 0.15) is 25.7 Å². The lowest BCUT2D eigenvalue weighted by Gasteiger charge is -2.30. The number of hydrogen-bond acceptors (Lipinski definition) is 4. The number of carbonyl (C=O) groups is 1. The molecule has 0 N–H and O–H groups in total. The van der Waals surface area contributed by atoms with Crippen LogP contribution in [0.25, 0.3) is 0 Å². The van der Waals surface area contributed by atoms with Crippen molar-refractivity contribution in [3.8, 4) is 0 Å². The summed E-state index contributed by atoms with van der Waals surface area (Å²) in [4.78, 5) is 16.6. The highest BCUT2D eigenvalue weighted by Gasteiger charge is 2.25. The third-order valence-corrected chi connectivity index (χ3v) is 2.32. The van der Waals surface area contributed by atoms with E-state index in [9.17, 15) is 4.79 Å². The Morgan fingerprint density at radius 3 is 2.93 bits per heavy atom. The van der Waals surface area contributed by atoms with Gasteiger partial charge in [-0.25, -0.2) is 9.63 Å². The highest BCUT2D eigenvalue weighted by Crippen LogP contribution is 2.16. The summed E-state index contributed by atoms with van der Waals surface area (Å²) in [5.41, 5.74) is 0. The van der Waals surface area contributed by atoms with Gasteiger partial charge in [0.2, 0.25) is 0 Å². The molecule has 0 aromatic heterocycles. The Labute approximate surface area is 82.9 Å². The van der Waals surface area contributed by atoms with Gasteiger partial charge in [0.05, 0.1) is 13.2 Å². The lowest BCUT2D eigenvalue weighted by Crippen LogP contribution is -2.41. The van der Waals surface area contributed by atoms with Gasteiger partial charge in [0.25, 0.3) is 0 Å². The second-order valence-corrected chi connectivity index (χ2v) is 3.47. The summed E-state index contributed by atoms with van der Waals surface area (Å²) in [6.07, 6.45) is 3.17. The van der Waals surface area contributed by atoms with Gasteiger partial charge in [-0.15, -0.1) is 0 Å². The molecule has 0 aromatic carbocycles. The van der Waals surface area contributed by atoms with Gasteiger partial charge < -0.3 is 9.47 Å². The van der Waals surface area contributed by atoms with Crippen LogP contribution in [0.4, 0.5) is 4.79 Å². The maximum Gasteiger partial charge on any atom is 0.434 e. The van der Waals surface area contributed by atoms with E-state index >= 15 is 0 Å². The van der Waals surface area contributed by atoms with E-state index in [1.807, 2.05) is 0 Å². The Kier molecular flexibility index (Phi) is 3.21. The first kappa shape index (κ1) is 9.73. The topological polar surface area (TPSA) is 48.0 Å². The number of ether oxygens (including phenoxy) is 2. The fraction of sp³-hybridized carbons (Fsp3) is 0.889. The van der Waals surface area contributed by atoms with Gasteiger partial charge in [-0.05, 0) is 12.8 Å². The summed E-state index contributed by atoms with van der Waals surface area (Å²) < 4.78 is 10.2. The van der Waals surface area contributed by atoms with E-state index in [4.69, 9.17) is 14.3 Å². The fourth-order valence-electron chi connectivity index (χ4n) is 1.56. The molecule has 5 nitrogen and oxygen atoms in total. The van der Waals surface area contributed by atoms with Gasteiger partial charge in [0.1, 0.15) is 0 Å². The molecule has 1 unspecified atom stereocenters. The predicted octanol–water partition coefficient (Wildman–Crippen LogP) is 1.29. The molecule has 0 radical (unpaired) electrons. The average molecular weight is 201 g/mol. The SMILES string of the molecule is O=C1OCCCN1OC1CCCCO1. The van der Waals surface area contributed by atoms with Crippen LogP contribution >= 0.6 is 0 Å². The van der Waals surface area contributed by atoms with Crippen LogP contribution in [-0.4, -0.2) is 37.2 Å². The molecule has 0 saturated carbocycles. The second-order valence-electron chi connectivity index (χ2n) is 3.47. The van der Waals surface area contributed by atoms with Crippen molar-refractivity contribution in [1.29, 1.82) is 0 Å². The van der Waals surface area contributed by atoms with Gasteiger partial charge >= 0.3 is 6.09 Å². The Morgan fingerprint density at radius 2 is 2.21 bits per heavy atom. The van der Waals surface area contributed by atoms with Gasteiger partial charge in [-0.3, -0.25) is 0 Å². The third-order valence-electron chi connectivity index (χ3n) is 2.32. The smallest absolute Gasteiger partial charge is 0.434 e. The highest BCUT2D eigenvalue weighted by molar-refractivity contribution is 5.66. The summed E-state index contributed by atoms with van der Waals surface area (Å²) in [5, 5.41) is 1.26. The number of hydroxylamine groups is 2. The maximum absolute atomic E-state index is 11.2. The first-order chi connectivity index (χ1) is 6.86. The highest BCUT2D eigenvalue weighted by atomic mass is 16.8. The summed E-state index contributed by atoms with van der Waals surface area (Å²) in [6.45, 7) is 1.80. The molecule has 80 valence electrons. The first-order valence-electron chi connectivity index (χ1n) is 5.09. The molecule has 2 rings (SSSR count). The average Bonchev–Trinajstić information content (AvgIpc) is 2.23. The lowest BCUT2D eigenvalue weighted by atomic mass is 10.2. The van der Waals surface area contributed by atoms with E-state index in [0.29, 0.717) is 19.8 Å². The minimum absolute atomic E-state index is 0.269. The molecule has 2 saturated heterocycles. The van der Waals surface area contributed by atoms with Crippen molar-refractivity contribution in [2.45, 2.75) is 32.0 Å². The van der Waals surface area contributed by atoms with Gasteiger partial charge in [0, 0.05) is 19.4 Å². The third kappa shape index (κ3) is 2.36. The van der Waals surface area contributed by atoms with Crippen molar-refractivity contribution < 1.29 is 19.1 Å². The molecule has 14 heavy (non-hydrogen) atoms. The quantitative estimate of drug-likeness (QED) is 0.675. The molecule has 2 heterocycles. The number of hydrogen-bond donors (Lipinski definition) is 0. The number of amides is 1. The lowest BCUT2D eigenvalue weighted by molar-refractivity contribution is -0.278. The molecule has 2 aliphatic rings. The van der Waals surface area contributed by atoms with Crippen molar-refractivity contribution in [2.75, 3.05) is 19.8 Å². The minimum atomic E-state index is -0.398. The van der Waals surface area contributed by atoms with E-state index in [1.165, 1.54) is 5.06 Å². The van der Waals surface area contributed by atoms with Gasteiger partial charge in [-0.1, -0.05) is 0 Å². The second kappa shape index (κ2) is 4.61. The van der Waals surface area contributed by atoms with Crippen LogP contribution in [-0.2, 0) is 14.3 Å². The Morgan fingerprint density at radius 1 is 1.29 bits per heavy atom. The molecule has 1 amide bonds. The first-order valence-corrected chi connectivity index (χ1v) is 5.09. The standard InChI is InChI=1S/C9H15NO4/c11-9-10(5-3-7-13-9)14-8-4-1-2-6-12-8/h8H,1-7H2. The van der Waals surface area contributed by atoms with Crippen molar-refractivity contribution in [1.82, 2.24) is 5.06 Å². The number of nitrogens with zero attached hydrogens (tertiary/aromatic N) is 1. The predicted molar refractivity (Wildman–Crippen MR) is 47.3 cm³/mol. The molecule has 5 heteroatoms. The van der Waals surface area contributed by atoms with Crippen molar-refractivity contribution in [3.63, 3.8) is 0 Å². The number of cyclic esters (lactones) is 1. The Bertz CT molecular complexity index is 203. The molecule has 2 aliphatic heterocycles.